The van der Waals surface area contributed by atoms with Crippen LogP contribution in [-0.4, -0.2) is 53.0 Å². The normalized spacial score (nSPS) is 14.7. The standard InChI is InChI=1S/C20H23N5O3S/c1-26-16-5-7-17(8-6-16)27-14-19-22-25(20(29)28-19)15-23-10-12-24(13-11-23)18-4-2-3-9-21-18/h2-9H,10-15H2,1H3. The minimum atomic E-state index is 0.219. The first-order valence-corrected chi connectivity index (χ1v) is 9.84. The SMILES string of the molecule is COc1ccc(OCc2nn(CN3CCN(c4ccccn4)CC3)c(=S)o2)cc1. The van der Waals surface area contributed by atoms with E-state index in [2.05, 4.69) is 19.9 Å². The van der Waals surface area contributed by atoms with E-state index in [-0.39, 0.29) is 6.61 Å². The number of hydrogen-bond acceptors (Lipinski definition) is 8. The van der Waals surface area contributed by atoms with Crippen molar-refractivity contribution < 1.29 is 13.9 Å². The van der Waals surface area contributed by atoms with Crippen molar-refractivity contribution in [3.05, 3.63) is 59.4 Å². The van der Waals surface area contributed by atoms with Gasteiger partial charge in [0, 0.05) is 32.4 Å². The van der Waals surface area contributed by atoms with Crippen LogP contribution in [0.1, 0.15) is 5.89 Å². The molecule has 152 valence electrons. The second-order valence-electron chi connectivity index (χ2n) is 6.66. The molecule has 1 aromatic carbocycles. The summed E-state index contributed by atoms with van der Waals surface area (Å²) in [6, 6.07) is 13.3. The van der Waals surface area contributed by atoms with Crippen LogP contribution in [0.4, 0.5) is 5.82 Å². The number of piperazine rings is 1. The van der Waals surface area contributed by atoms with E-state index in [1.165, 1.54) is 0 Å². The number of hydrogen-bond donors (Lipinski definition) is 0. The fraction of sp³-hybridized carbons (Fsp3) is 0.350. The summed E-state index contributed by atoms with van der Waals surface area (Å²) in [6.07, 6.45) is 1.83. The van der Waals surface area contributed by atoms with Gasteiger partial charge in [-0.15, -0.1) is 5.10 Å². The molecule has 0 atom stereocenters. The lowest BCUT2D eigenvalue weighted by molar-refractivity contribution is 0.191. The molecule has 9 heteroatoms. The predicted molar refractivity (Wildman–Crippen MR) is 111 cm³/mol. The summed E-state index contributed by atoms with van der Waals surface area (Å²) in [4.78, 5) is 9.36. The predicted octanol–water partition coefficient (Wildman–Crippen LogP) is 2.97. The molecule has 29 heavy (non-hydrogen) atoms. The van der Waals surface area contributed by atoms with Crippen molar-refractivity contribution >= 4 is 18.0 Å². The molecule has 0 radical (unpaired) electrons. The minimum Gasteiger partial charge on any atom is -0.497 e. The third-order valence-electron chi connectivity index (χ3n) is 4.75. The average Bonchev–Trinajstić information content (AvgIpc) is 3.13. The summed E-state index contributed by atoms with van der Waals surface area (Å²) >= 11 is 5.32. The highest BCUT2D eigenvalue weighted by molar-refractivity contribution is 7.71. The molecule has 0 aliphatic carbocycles. The molecule has 8 nitrogen and oxygen atoms in total. The fourth-order valence-corrected chi connectivity index (χ4v) is 3.36. The number of rotatable bonds is 7. The Labute approximate surface area is 174 Å². The lowest BCUT2D eigenvalue weighted by atomic mass is 10.3. The molecule has 0 saturated carbocycles. The average molecular weight is 414 g/mol. The van der Waals surface area contributed by atoms with Crippen LogP contribution in [0.5, 0.6) is 11.5 Å². The van der Waals surface area contributed by atoms with Crippen molar-refractivity contribution in [2.75, 3.05) is 38.2 Å². The molecule has 2 aromatic heterocycles. The highest BCUT2D eigenvalue weighted by Gasteiger charge is 2.19. The fourth-order valence-electron chi connectivity index (χ4n) is 3.16. The van der Waals surface area contributed by atoms with Crippen LogP contribution in [0.2, 0.25) is 0 Å². The molecule has 3 aromatic rings. The third-order valence-corrected chi connectivity index (χ3v) is 5.04. The molecule has 0 unspecified atom stereocenters. The maximum Gasteiger partial charge on any atom is 0.288 e. The van der Waals surface area contributed by atoms with Crippen molar-refractivity contribution in [1.82, 2.24) is 19.7 Å². The van der Waals surface area contributed by atoms with E-state index in [0.29, 0.717) is 23.1 Å². The van der Waals surface area contributed by atoms with Crippen molar-refractivity contribution in [2.24, 2.45) is 0 Å². The Bertz CT molecular complexity index is 966. The molecule has 1 saturated heterocycles. The number of ether oxygens (including phenoxy) is 2. The molecular weight excluding hydrogens is 390 g/mol. The van der Waals surface area contributed by atoms with Crippen molar-refractivity contribution in [2.45, 2.75) is 13.3 Å². The quantitative estimate of drug-likeness (QED) is 0.548. The van der Waals surface area contributed by atoms with Gasteiger partial charge < -0.3 is 18.8 Å². The van der Waals surface area contributed by atoms with Gasteiger partial charge in [0.25, 0.3) is 10.7 Å². The summed E-state index contributed by atoms with van der Waals surface area (Å²) in [5.41, 5.74) is 0. The number of benzene rings is 1. The number of nitrogens with zero attached hydrogens (tertiary/aromatic N) is 5. The van der Waals surface area contributed by atoms with Crippen LogP contribution in [-0.2, 0) is 13.3 Å². The van der Waals surface area contributed by atoms with Gasteiger partial charge in [-0.05, 0) is 48.6 Å². The van der Waals surface area contributed by atoms with Crippen molar-refractivity contribution in [3.8, 4) is 11.5 Å². The lowest BCUT2D eigenvalue weighted by Crippen LogP contribution is -2.47. The monoisotopic (exact) mass is 413 g/mol. The molecule has 1 aliphatic heterocycles. The van der Waals surface area contributed by atoms with Gasteiger partial charge in [0.2, 0.25) is 0 Å². The van der Waals surface area contributed by atoms with Crippen LogP contribution in [0.3, 0.4) is 0 Å². The zero-order chi connectivity index (χ0) is 20.1. The second-order valence-corrected chi connectivity index (χ2v) is 7.01. The molecular formula is C20H23N5O3S. The van der Waals surface area contributed by atoms with Crippen LogP contribution in [0.15, 0.2) is 53.1 Å². The maximum atomic E-state index is 5.71. The summed E-state index contributed by atoms with van der Waals surface area (Å²) in [5, 5.41) is 4.46. The van der Waals surface area contributed by atoms with Gasteiger partial charge >= 0.3 is 0 Å². The smallest absolute Gasteiger partial charge is 0.288 e. The van der Waals surface area contributed by atoms with Gasteiger partial charge in [-0.3, -0.25) is 4.90 Å². The zero-order valence-corrected chi connectivity index (χ0v) is 17.0. The van der Waals surface area contributed by atoms with Crippen LogP contribution in [0, 0.1) is 4.84 Å². The van der Waals surface area contributed by atoms with Crippen molar-refractivity contribution in [1.29, 1.82) is 0 Å². The molecule has 0 spiro atoms. The summed E-state index contributed by atoms with van der Waals surface area (Å²) in [7, 11) is 1.63. The summed E-state index contributed by atoms with van der Waals surface area (Å²) in [5.74, 6) is 2.97. The van der Waals surface area contributed by atoms with E-state index < -0.39 is 0 Å². The molecule has 0 N–H and O–H groups in total. The first-order chi connectivity index (χ1) is 14.2. The lowest BCUT2D eigenvalue weighted by Gasteiger charge is -2.34. The molecule has 0 bridgehead atoms. The van der Waals surface area contributed by atoms with Gasteiger partial charge in [-0.2, -0.15) is 0 Å². The van der Waals surface area contributed by atoms with E-state index in [1.54, 1.807) is 11.8 Å². The van der Waals surface area contributed by atoms with E-state index in [0.717, 1.165) is 37.7 Å². The largest absolute Gasteiger partial charge is 0.497 e. The van der Waals surface area contributed by atoms with Gasteiger partial charge in [0.1, 0.15) is 17.3 Å². The molecule has 0 amide bonds. The summed E-state index contributed by atoms with van der Waals surface area (Å²) in [6.45, 7) is 4.45. The van der Waals surface area contributed by atoms with Gasteiger partial charge in [0.05, 0.1) is 13.8 Å². The Morgan fingerprint density at radius 2 is 1.79 bits per heavy atom. The Hall–Kier alpha value is -2.91. The minimum absolute atomic E-state index is 0.219. The summed E-state index contributed by atoms with van der Waals surface area (Å²) < 4.78 is 18.1. The maximum absolute atomic E-state index is 5.71. The van der Waals surface area contributed by atoms with Crippen LogP contribution in [0.25, 0.3) is 0 Å². The number of anilines is 1. The van der Waals surface area contributed by atoms with Gasteiger partial charge in [-0.25, -0.2) is 9.67 Å². The Morgan fingerprint density at radius 1 is 1.03 bits per heavy atom. The van der Waals surface area contributed by atoms with E-state index in [1.807, 2.05) is 48.7 Å². The number of methoxy groups -OCH3 is 1. The second kappa shape index (κ2) is 9.06. The Morgan fingerprint density at radius 3 is 2.48 bits per heavy atom. The van der Waals surface area contributed by atoms with E-state index >= 15 is 0 Å². The molecule has 1 fully saturated rings. The van der Waals surface area contributed by atoms with E-state index in [4.69, 9.17) is 26.1 Å². The first kappa shape index (κ1) is 19.4. The Kier molecular flexibility index (Phi) is 6.06. The molecule has 4 rings (SSSR count). The first-order valence-electron chi connectivity index (χ1n) is 9.43. The van der Waals surface area contributed by atoms with Gasteiger partial charge in [0.15, 0.2) is 6.61 Å². The zero-order valence-electron chi connectivity index (χ0n) is 16.2. The van der Waals surface area contributed by atoms with Crippen molar-refractivity contribution in [3.63, 3.8) is 0 Å². The van der Waals surface area contributed by atoms with Crippen LogP contribution < -0.4 is 14.4 Å². The van der Waals surface area contributed by atoms with Crippen LogP contribution >= 0.6 is 12.2 Å². The third kappa shape index (κ3) is 4.93. The number of pyridine rings is 1. The molecule has 3 heterocycles. The van der Waals surface area contributed by atoms with Gasteiger partial charge in [-0.1, -0.05) is 6.07 Å². The highest BCUT2D eigenvalue weighted by atomic mass is 32.1. The molecule has 1 aliphatic rings. The Balaban J connectivity index is 1.30. The number of aromatic nitrogens is 3. The highest BCUT2D eigenvalue weighted by Crippen LogP contribution is 2.18. The van der Waals surface area contributed by atoms with E-state index in [9.17, 15) is 0 Å². The topological polar surface area (TPSA) is 68.8 Å².